The predicted octanol–water partition coefficient (Wildman–Crippen LogP) is 1.21. The average Bonchev–Trinajstić information content (AvgIpc) is 2.42. The van der Waals surface area contributed by atoms with E-state index in [2.05, 4.69) is 42.0 Å². The Morgan fingerprint density at radius 1 is 1.40 bits per heavy atom. The van der Waals surface area contributed by atoms with Crippen molar-refractivity contribution in [2.45, 2.75) is 58.7 Å². The molecule has 0 unspecified atom stereocenters. The van der Waals surface area contributed by atoms with Gasteiger partial charge in [-0.25, -0.2) is 0 Å². The Bertz CT molecular complexity index is 340. The van der Waals surface area contributed by atoms with Gasteiger partial charge in [-0.1, -0.05) is 13.3 Å². The Labute approximate surface area is 122 Å². The van der Waals surface area contributed by atoms with E-state index in [4.69, 9.17) is 5.26 Å². The highest BCUT2D eigenvalue weighted by atomic mass is 16.2. The van der Waals surface area contributed by atoms with Crippen molar-refractivity contribution in [3.05, 3.63) is 0 Å². The zero-order chi connectivity index (χ0) is 15.1. The van der Waals surface area contributed by atoms with E-state index in [0.29, 0.717) is 18.6 Å². The number of hydrogen-bond acceptors (Lipinski definition) is 4. The number of nitriles is 1. The van der Waals surface area contributed by atoms with Crippen LogP contribution in [0.4, 0.5) is 0 Å². The summed E-state index contributed by atoms with van der Waals surface area (Å²) >= 11 is 0. The second-order valence-corrected chi connectivity index (χ2v) is 5.80. The molecule has 1 rings (SSSR count). The first-order valence-corrected chi connectivity index (χ1v) is 7.65. The minimum Gasteiger partial charge on any atom is -0.355 e. The highest BCUT2D eigenvalue weighted by Crippen LogP contribution is 2.17. The van der Waals surface area contributed by atoms with Crippen LogP contribution in [0.2, 0.25) is 0 Å². The number of piperazine rings is 1. The van der Waals surface area contributed by atoms with Crippen molar-refractivity contribution in [2.24, 2.45) is 0 Å². The van der Waals surface area contributed by atoms with E-state index in [1.54, 1.807) is 0 Å². The van der Waals surface area contributed by atoms with E-state index in [9.17, 15) is 4.79 Å². The largest absolute Gasteiger partial charge is 0.355 e. The molecule has 0 bridgehead atoms. The SMILES string of the molecule is CCCCNC(=O)[C@@H](C)N1C[C@@H](C)N(CC#N)[C@@H](C)C1. The number of carbonyl (C=O) groups excluding carboxylic acids is 1. The molecule has 0 aromatic rings. The standard InChI is InChI=1S/C15H28N4O/c1-5-6-8-17-15(20)14(4)18-10-12(2)19(9-7-16)13(3)11-18/h12-14H,5-6,8-11H2,1-4H3,(H,17,20)/t12-,13+,14-/m1/s1. The molecule has 1 N–H and O–H groups in total. The second kappa shape index (κ2) is 8.23. The van der Waals surface area contributed by atoms with Gasteiger partial charge in [0.25, 0.3) is 0 Å². The number of unbranched alkanes of at least 4 members (excludes halogenated alkanes) is 1. The maximum Gasteiger partial charge on any atom is 0.237 e. The summed E-state index contributed by atoms with van der Waals surface area (Å²) in [6.07, 6.45) is 2.12. The van der Waals surface area contributed by atoms with E-state index in [1.165, 1.54) is 0 Å². The summed E-state index contributed by atoms with van der Waals surface area (Å²) < 4.78 is 0. The smallest absolute Gasteiger partial charge is 0.237 e. The van der Waals surface area contributed by atoms with Crippen molar-refractivity contribution in [3.8, 4) is 6.07 Å². The van der Waals surface area contributed by atoms with E-state index < -0.39 is 0 Å². The first-order chi connectivity index (χ1) is 9.51. The number of carbonyl (C=O) groups is 1. The van der Waals surface area contributed by atoms with Gasteiger partial charge in [-0.2, -0.15) is 5.26 Å². The maximum absolute atomic E-state index is 12.1. The normalized spacial score (nSPS) is 25.9. The van der Waals surface area contributed by atoms with Gasteiger partial charge >= 0.3 is 0 Å². The third-order valence-electron chi connectivity index (χ3n) is 4.14. The molecule has 1 fully saturated rings. The molecule has 20 heavy (non-hydrogen) atoms. The Morgan fingerprint density at radius 2 is 2.00 bits per heavy atom. The van der Waals surface area contributed by atoms with Crippen LogP contribution in [0.1, 0.15) is 40.5 Å². The Balaban J connectivity index is 2.52. The van der Waals surface area contributed by atoms with E-state index >= 15 is 0 Å². The highest BCUT2D eigenvalue weighted by Gasteiger charge is 2.33. The van der Waals surface area contributed by atoms with Crippen LogP contribution < -0.4 is 5.32 Å². The van der Waals surface area contributed by atoms with Gasteiger partial charge in [-0.3, -0.25) is 14.6 Å². The quantitative estimate of drug-likeness (QED) is 0.587. The monoisotopic (exact) mass is 280 g/mol. The molecule has 3 atom stereocenters. The van der Waals surface area contributed by atoms with Crippen LogP contribution in [0, 0.1) is 11.3 Å². The van der Waals surface area contributed by atoms with Gasteiger partial charge in [0, 0.05) is 31.7 Å². The lowest BCUT2D eigenvalue weighted by atomic mass is 10.1. The minimum absolute atomic E-state index is 0.0963. The third kappa shape index (κ3) is 4.46. The highest BCUT2D eigenvalue weighted by molar-refractivity contribution is 5.81. The van der Waals surface area contributed by atoms with E-state index in [-0.39, 0.29) is 11.9 Å². The third-order valence-corrected chi connectivity index (χ3v) is 4.14. The molecule has 1 saturated heterocycles. The Morgan fingerprint density at radius 3 is 2.50 bits per heavy atom. The van der Waals surface area contributed by atoms with Gasteiger partial charge in [0.15, 0.2) is 0 Å². The number of nitrogens with zero attached hydrogens (tertiary/aromatic N) is 3. The van der Waals surface area contributed by atoms with Crippen molar-refractivity contribution in [1.82, 2.24) is 15.1 Å². The molecule has 1 aliphatic heterocycles. The van der Waals surface area contributed by atoms with Crippen LogP contribution in [0.25, 0.3) is 0 Å². The number of amides is 1. The fourth-order valence-electron chi connectivity index (χ4n) is 2.81. The summed E-state index contributed by atoms with van der Waals surface area (Å²) in [6, 6.07) is 2.75. The topological polar surface area (TPSA) is 59.4 Å². The molecule has 0 radical (unpaired) electrons. The fraction of sp³-hybridized carbons (Fsp3) is 0.867. The van der Waals surface area contributed by atoms with Crippen LogP contribution in [0.3, 0.4) is 0 Å². The van der Waals surface area contributed by atoms with Crippen molar-refractivity contribution < 1.29 is 4.79 Å². The maximum atomic E-state index is 12.1. The van der Waals surface area contributed by atoms with Crippen LogP contribution >= 0.6 is 0 Å². The Hall–Kier alpha value is -1.12. The minimum atomic E-state index is -0.0963. The first-order valence-electron chi connectivity index (χ1n) is 7.65. The van der Waals surface area contributed by atoms with Gasteiger partial charge < -0.3 is 5.32 Å². The summed E-state index contributed by atoms with van der Waals surface area (Å²) in [5.41, 5.74) is 0. The zero-order valence-electron chi connectivity index (χ0n) is 13.2. The molecule has 0 saturated carbocycles. The molecule has 5 nitrogen and oxygen atoms in total. The summed E-state index contributed by atoms with van der Waals surface area (Å²) in [5, 5.41) is 11.9. The summed E-state index contributed by atoms with van der Waals surface area (Å²) in [5.74, 6) is 0.117. The molecule has 0 spiro atoms. The van der Waals surface area contributed by atoms with Gasteiger partial charge in [-0.05, 0) is 27.2 Å². The number of nitrogens with one attached hydrogen (secondary N) is 1. The lowest BCUT2D eigenvalue weighted by Gasteiger charge is -2.45. The lowest BCUT2D eigenvalue weighted by Crippen LogP contribution is -2.60. The molecular weight excluding hydrogens is 252 g/mol. The van der Waals surface area contributed by atoms with Crippen LogP contribution in [-0.2, 0) is 4.79 Å². The molecule has 1 heterocycles. The predicted molar refractivity (Wildman–Crippen MR) is 80.2 cm³/mol. The van der Waals surface area contributed by atoms with Gasteiger partial charge in [0.2, 0.25) is 5.91 Å². The van der Waals surface area contributed by atoms with Gasteiger partial charge in [0.1, 0.15) is 0 Å². The molecule has 1 aliphatic rings. The van der Waals surface area contributed by atoms with Gasteiger partial charge in [0.05, 0.1) is 18.7 Å². The molecule has 5 heteroatoms. The molecular formula is C15H28N4O. The molecule has 0 aromatic heterocycles. The molecule has 1 amide bonds. The molecule has 114 valence electrons. The van der Waals surface area contributed by atoms with Crippen molar-refractivity contribution in [3.63, 3.8) is 0 Å². The second-order valence-electron chi connectivity index (χ2n) is 5.80. The Kier molecular flexibility index (Phi) is 6.97. The zero-order valence-corrected chi connectivity index (χ0v) is 13.2. The van der Waals surface area contributed by atoms with Gasteiger partial charge in [-0.15, -0.1) is 0 Å². The van der Waals surface area contributed by atoms with Crippen LogP contribution in [0.15, 0.2) is 0 Å². The number of hydrogen-bond donors (Lipinski definition) is 1. The van der Waals surface area contributed by atoms with Crippen molar-refractivity contribution in [1.29, 1.82) is 5.26 Å². The first kappa shape index (κ1) is 16.9. The van der Waals surface area contributed by atoms with Crippen LogP contribution in [0.5, 0.6) is 0 Å². The fourth-order valence-corrected chi connectivity index (χ4v) is 2.81. The summed E-state index contributed by atoms with van der Waals surface area (Å²) in [7, 11) is 0. The molecule has 0 aliphatic carbocycles. The number of rotatable bonds is 6. The summed E-state index contributed by atoms with van der Waals surface area (Å²) in [4.78, 5) is 16.6. The lowest BCUT2D eigenvalue weighted by molar-refractivity contribution is -0.127. The van der Waals surface area contributed by atoms with E-state index in [1.807, 2.05) is 6.92 Å². The van der Waals surface area contributed by atoms with E-state index in [0.717, 1.165) is 32.5 Å². The van der Waals surface area contributed by atoms with Crippen molar-refractivity contribution >= 4 is 5.91 Å². The summed E-state index contributed by atoms with van der Waals surface area (Å²) in [6.45, 7) is 11.3. The van der Waals surface area contributed by atoms with Crippen molar-refractivity contribution in [2.75, 3.05) is 26.2 Å². The molecule has 0 aromatic carbocycles. The average molecular weight is 280 g/mol. The van der Waals surface area contributed by atoms with Crippen LogP contribution in [-0.4, -0.2) is 60.0 Å².